The van der Waals surface area contributed by atoms with Crippen molar-refractivity contribution in [3.05, 3.63) is 157 Å². The maximum Gasteiger partial charge on any atom is 0.143 e. The average molecular weight is 639 g/mol. The Morgan fingerprint density at radius 2 is 1.08 bits per heavy atom. The van der Waals surface area contributed by atoms with E-state index < -0.39 is 0 Å². The molecule has 11 rings (SSSR count). The molecule has 1 aliphatic rings. The Hall–Kier alpha value is -6.32. The molecule has 0 amide bonds. The summed E-state index contributed by atoms with van der Waals surface area (Å²) < 4.78 is 6.63. The van der Waals surface area contributed by atoms with Crippen LogP contribution in [-0.4, -0.2) is 9.97 Å². The summed E-state index contributed by atoms with van der Waals surface area (Å²) in [6, 6.07) is 50.2. The molecule has 0 atom stereocenters. The highest BCUT2D eigenvalue weighted by Crippen LogP contribution is 2.51. The molecule has 10 aromatic rings. The summed E-state index contributed by atoms with van der Waals surface area (Å²) in [5, 5.41) is 9.36. The molecule has 0 saturated carbocycles. The molecule has 2 aromatic heterocycles. The Morgan fingerprint density at radius 1 is 0.480 bits per heavy atom. The summed E-state index contributed by atoms with van der Waals surface area (Å²) in [7, 11) is 0. The lowest BCUT2D eigenvalue weighted by Crippen LogP contribution is -2.14. The second kappa shape index (κ2) is 9.87. The van der Waals surface area contributed by atoms with Crippen LogP contribution in [0.4, 0.5) is 0 Å². The fourth-order valence-electron chi connectivity index (χ4n) is 8.57. The summed E-state index contributed by atoms with van der Waals surface area (Å²) in [4.78, 5) is 10.4. The Bertz CT molecular complexity index is 3040. The van der Waals surface area contributed by atoms with Crippen LogP contribution in [0.25, 0.3) is 98.8 Å². The number of hydrogen-bond acceptors (Lipinski definition) is 3. The number of hydrogen-bond donors (Lipinski definition) is 0. The van der Waals surface area contributed by atoms with Crippen molar-refractivity contribution in [3.63, 3.8) is 0 Å². The van der Waals surface area contributed by atoms with E-state index in [1.165, 1.54) is 43.8 Å². The van der Waals surface area contributed by atoms with Gasteiger partial charge in [0.05, 0.1) is 22.9 Å². The minimum Gasteiger partial charge on any atom is -0.455 e. The SMILES string of the molecule is CC1(C)c2ccc(-c3cnc4c5ccccc5c5ccccc5c4n3)cc2-c2cc(-c3cccc4c3oc3cc5ccccc5cc34)ccc21. The van der Waals surface area contributed by atoms with Gasteiger partial charge in [-0.05, 0) is 73.6 Å². The van der Waals surface area contributed by atoms with Gasteiger partial charge in [0, 0.05) is 38.1 Å². The Kier molecular flexibility index (Phi) is 5.45. The highest BCUT2D eigenvalue weighted by atomic mass is 16.3. The van der Waals surface area contributed by atoms with Crippen LogP contribution in [-0.2, 0) is 5.41 Å². The van der Waals surface area contributed by atoms with Crippen molar-refractivity contribution < 1.29 is 4.42 Å². The molecule has 0 saturated heterocycles. The van der Waals surface area contributed by atoms with Gasteiger partial charge in [0.15, 0.2) is 0 Å². The fraction of sp³-hybridized carbons (Fsp3) is 0.0638. The molecule has 1 aliphatic carbocycles. The molecular weight excluding hydrogens is 609 g/mol. The second-order valence-corrected chi connectivity index (χ2v) is 14.2. The molecule has 8 aromatic carbocycles. The van der Waals surface area contributed by atoms with E-state index in [1.807, 2.05) is 6.20 Å². The van der Waals surface area contributed by atoms with Gasteiger partial charge < -0.3 is 4.42 Å². The van der Waals surface area contributed by atoms with E-state index in [1.54, 1.807) is 0 Å². The lowest BCUT2D eigenvalue weighted by atomic mass is 9.82. The molecule has 50 heavy (non-hydrogen) atoms. The van der Waals surface area contributed by atoms with Gasteiger partial charge in [-0.2, -0.15) is 0 Å². The molecular formula is C47H30N2O. The molecule has 0 fully saturated rings. The monoisotopic (exact) mass is 638 g/mol. The normalized spacial score (nSPS) is 13.6. The van der Waals surface area contributed by atoms with E-state index in [9.17, 15) is 0 Å². The van der Waals surface area contributed by atoms with Gasteiger partial charge in [0.2, 0.25) is 0 Å². The maximum absolute atomic E-state index is 6.63. The van der Waals surface area contributed by atoms with Gasteiger partial charge in [0.25, 0.3) is 0 Å². The standard InChI is InChI=1S/C47H30N2O/c1-47(2)40-20-18-29(31-16-9-17-36-39-22-27-10-3-4-11-28(27)25-43(39)50-46(31)36)23-37(40)38-24-30(19-21-41(38)47)42-26-48-44-34-14-7-5-12-32(34)33-13-6-8-15-35(33)45(44)49-42/h3-26H,1-2H3. The van der Waals surface area contributed by atoms with E-state index in [0.29, 0.717) is 0 Å². The molecule has 234 valence electrons. The molecule has 2 heterocycles. The van der Waals surface area contributed by atoms with Crippen molar-refractivity contribution in [2.45, 2.75) is 19.3 Å². The summed E-state index contributed by atoms with van der Waals surface area (Å²) in [5.41, 5.74) is 13.0. The van der Waals surface area contributed by atoms with Crippen LogP contribution in [0.3, 0.4) is 0 Å². The van der Waals surface area contributed by atoms with Gasteiger partial charge in [0.1, 0.15) is 11.2 Å². The van der Waals surface area contributed by atoms with Gasteiger partial charge in [-0.25, -0.2) is 4.98 Å². The van der Waals surface area contributed by atoms with E-state index in [-0.39, 0.29) is 5.41 Å². The molecule has 3 heteroatoms. The smallest absolute Gasteiger partial charge is 0.143 e. The van der Waals surface area contributed by atoms with Gasteiger partial charge in [-0.15, -0.1) is 0 Å². The van der Waals surface area contributed by atoms with E-state index in [2.05, 4.69) is 153 Å². The molecule has 0 bridgehead atoms. The second-order valence-electron chi connectivity index (χ2n) is 14.2. The molecule has 0 spiro atoms. The maximum atomic E-state index is 6.63. The zero-order chi connectivity index (χ0) is 33.1. The third kappa shape index (κ3) is 3.75. The van der Waals surface area contributed by atoms with Crippen LogP contribution < -0.4 is 0 Å². The number of furan rings is 1. The van der Waals surface area contributed by atoms with Crippen LogP contribution >= 0.6 is 0 Å². The minimum absolute atomic E-state index is 0.128. The number of benzene rings is 8. The third-order valence-corrected chi connectivity index (χ3v) is 11.1. The highest BCUT2D eigenvalue weighted by molar-refractivity contribution is 6.23. The largest absolute Gasteiger partial charge is 0.455 e. The first-order valence-corrected chi connectivity index (χ1v) is 17.2. The van der Waals surface area contributed by atoms with Crippen LogP contribution in [0.1, 0.15) is 25.0 Å². The number of nitrogens with zero attached hydrogens (tertiary/aromatic N) is 2. The molecule has 0 aliphatic heterocycles. The number of fused-ring (bicyclic) bond motifs is 13. The lowest BCUT2D eigenvalue weighted by molar-refractivity contribution is 0.660. The quantitative estimate of drug-likeness (QED) is 0.177. The predicted octanol–water partition coefficient (Wildman–Crippen LogP) is 12.6. The zero-order valence-electron chi connectivity index (χ0n) is 27.7. The van der Waals surface area contributed by atoms with Crippen LogP contribution in [0.5, 0.6) is 0 Å². The summed E-state index contributed by atoms with van der Waals surface area (Å²) in [6.45, 7) is 4.66. The molecule has 0 radical (unpaired) electrons. The fourth-order valence-corrected chi connectivity index (χ4v) is 8.57. The number of para-hydroxylation sites is 1. The minimum atomic E-state index is -0.128. The van der Waals surface area contributed by atoms with E-state index >= 15 is 0 Å². The third-order valence-electron chi connectivity index (χ3n) is 11.1. The van der Waals surface area contributed by atoms with Gasteiger partial charge >= 0.3 is 0 Å². The van der Waals surface area contributed by atoms with Gasteiger partial charge in [-0.3, -0.25) is 4.98 Å². The summed E-state index contributed by atoms with van der Waals surface area (Å²) in [6.07, 6.45) is 1.94. The Balaban J connectivity index is 1.08. The molecule has 0 N–H and O–H groups in total. The Labute approximate surface area is 288 Å². The van der Waals surface area contributed by atoms with E-state index in [0.717, 1.165) is 66.1 Å². The molecule has 3 nitrogen and oxygen atoms in total. The van der Waals surface area contributed by atoms with Crippen LogP contribution in [0, 0.1) is 0 Å². The first kappa shape index (κ1) is 27.6. The zero-order valence-corrected chi connectivity index (χ0v) is 27.7. The lowest BCUT2D eigenvalue weighted by Gasteiger charge is -2.21. The van der Waals surface area contributed by atoms with Crippen molar-refractivity contribution >= 4 is 65.3 Å². The summed E-state index contributed by atoms with van der Waals surface area (Å²) >= 11 is 0. The number of aromatic nitrogens is 2. The summed E-state index contributed by atoms with van der Waals surface area (Å²) in [5.74, 6) is 0. The van der Waals surface area contributed by atoms with Crippen molar-refractivity contribution in [3.8, 4) is 33.5 Å². The van der Waals surface area contributed by atoms with Crippen molar-refractivity contribution in [2.75, 3.05) is 0 Å². The first-order valence-electron chi connectivity index (χ1n) is 17.2. The molecule has 0 unspecified atom stereocenters. The predicted molar refractivity (Wildman–Crippen MR) is 208 cm³/mol. The first-order chi connectivity index (χ1) is 24.5. The van der Waals surface area contributed by atoms with Crippen molar-refractivity contribution in [1.82, 2.24) is 9.97 Å². The van der Waals surface area contributed by atoms with Crippen LogP contribution in [0.15, 0.2) is 150 Å². The van der Waals surface area contributed by atoms with E-state index in [4.69, 9.17) is 14.4 Å². The van der Waals surface area contributed by atoms with Crippen molar-refractivity contribution in [2.24, 2.45) is 0 Å². The topological polar surface area (TPSA) is 38.9 Å². The highest BCUT2D eigenvalue weighted by Gasteiger charge is 2.36. The number of rotatable bonds is 2. The van der Waals surface area contributed by atoms with Gasteiger partial charge in [-0.1, -0.05) is 129 Å². The van der Waals surface area contributed by atoms with Crippen LogP contribution in [0.2, 0.25) is 0 Å². The Morgan fingerprint density at radius 3 is 1.82 bits per heavy atom. The van der Waals surface area contributed by atoms with Crippen molar-refractivity contribution in [1.29, 1.82) is 0 Å². The average Bonchev–Trinajstić information content (AvgIpc) is 3.64.